The fourth-order valence-electron chi connectivity index (χ4n) is 4.25. The Kier molecular flexibility index (Phi) is 9.93. The quantitative estimate of drug-likeness (QED) is 0.231. The van der Waals surface area contributed by atoms with E-state index in [0.717, 1.165) is 5.56 Å². The first-order valence-corrected chi connectivity index (χ1v) is 12.6. The second kappa shape index (κ2) is 13.1. The van der Waals surface area contributed by atoms with E-state index >= 15 is 0 Å². The summed E-state index contributed by atoms with van der Waals surface area (Å²) in [4.78, 5) is 52.5. The van der Waals surface area contributed by atoms with Crippen LogP contribution in [0, 0.1) is 0 Å². The largest absolute Gasteiger partial charge is 0.508 e. The molecule has 0 bridgehead atoms. The molecule has 0 radical (unpaired) electrons. The van der Waals surface area contributed by atoms with E-state index in [2.05, 4.69) is 23.3 Å². The Labute approximate surface area is 220 Å². The summed E-state index contributed by atoms with van der Waals surface area (Å²) in [6, 6.07) is 11.2. The number of hydrogen-bond acceptors (Lipinski definition) is 7. The van der Waals surface area contributed by atoms with Crippen LogP contribution < -0.4 is 16.4 Å². The van der Waals surface area contributed by atoms with Gasteiger partial charge in [-0.1, -0.05) is 42.5 Å². The molecule has 37 heavy (non-hydrogen) atoms. The predicted octanol–water partition coefficient (Wildman–Crippen LogP) is 0.480. The number of rotatable bonds is 11. The first kappa shape index (κ1) is 28.0. The lowest BCUT2D eigenvalue weighted by molar-refractivity contribution is -0.144. The number of nitrogens with two attached hydrogens (primary N) is 1. The van der Waals surface area contributed by atoms with Gasteiger partial charge in [-0.05, 0) is 36.1 Å². The highest BCUT2D eigenvalue weighted by atomic mass is 32.1. The Morgan fingerprint density at radius 1 is 0.973 bits per heavy atom. The number of benzene rings is 2. The van der Waals surface area contributed by atoms with Crippen LogP contribution in [0.4, 0.5) is 0 Å². The molecule has 2 aromatic carbocycles. The Morgan fingerprint density at radius 2 is 1.59 bits per heavy atom. The molecule has 0 saturated carbocycles. The molecule has 4 unspecified atom stereocenters. The van der Waals surface area contributed by atoms with Gasteiger partial charge >= 0.3 is 5.97 Å². The fourth-order valence-corrected chi connectivity index (χ4v) is 4.42. The van der Waals surface area contributed by atoms with Gasteiger partial charge in [0.1, 0.15) is 23.9 Å². The fraction of sp³-hybridized carbons (Fsp3) is 0.385. The number of amides is 3. The number of thiol groups is 1. The molecular formula is C26H32N4O6S. The highest BCUT2D eigenvalue weighted by Crippen LogP contribution is 2.21. The van der Waals surface area contributed by atoms with Gasteiger partial charge in [0.15, 0.2) is 0 Å². The molecule has 4 atom stereocenters. The van der Waals surface area contributed by atoms with Crippen LogP contribution >= 0.6 is 12.6 Å². The number of aromatic hydroxyl groups is 1. The number of aliphatic carboxylic acids is 1. The zero-order valence-corrected chi connectivity index (χ0v) is 21.1. The normalized spacial score (nSPS) is 17.5. The maximum Gasteiger partial charge on any atom is 0.326 e. The zero-order chi connectivity index (χ0) is 26.9. The van der Waals surface area contributed by atoms with Crippen molar-refractivity contribution in [2.45, 2.75) is 49.9 Å². The average molecular weight is 529 g/mol. The molecule has 1 heterocycles. The maximum atomic E-state index is 13.6. The van der Waals surface area contributed by atoms with Crippen molar-refractivity contribution in [2.24, 2.45) is 5.73 Å². The van der Waals surface area contributed by atoms with Crippen LogP contribution in [0.2, 0.25) is 0 Å². The third-order valence-electron chi connectivity index (χ3n) is 6.26. The van der Waals surface area contributed by atoms with Crippen molar-refractivity contribution in [2.75, 3.05) is 12.3 Å². The van der Waals surface area contributed by atoms with Crippen molar-refractivity contribution in [3.8, 4) is 5.75 Å². The minimum atomic E-state index is -1.22. The van der Waals surface area contributed by atoms with Gasteiger partial charge in [0.25, 0.3) is 0 Å². The molecule has 3 amide bonds. The Morgan fingerprint density at radius 3 is 2.22 bits per heavy atom. The van der Waals surface area contributed by atoms with E-state index < -0.39 is 47.9 Å². The Balaban J connectivity index is 1.74. The van der Waals surface area contributed by atoms with Crippen LogP contribution in [0.1, 0.15) is 24.0 Å². The third-order valence-corrected chi connectivity index (χ3v) is 6.65. The van der Waals surface area contributed by atoms with E-state index in [1.165, 1.54) is 17.0 Å². The van der Waals surface area contributed by atoms with E-state index in [-0.39, 0.29) is 24.3 Å². The van der Waals surface area contributed by atoms with E-state index in [0.29, 0.717) is 24.9 Å². The van der Waals surface area contributed by atoms with Crippen LogP contribution in [-0.4, -0.2) is 75.3 Å². The van der Waals surface area contributed by atoms with Crippen LogP contribution in [0.3, 0.4) is 0 Å². The molecule has 2 aromatic rings. The molecule has 1 aliphatic heterocycles. The molecule has 6 N–H and O–H groups in total. The average Bonchev–Trinajstić information content (AvgIpc) is 3.39. The van der Waals surface area contributed by atoms with Crippen molar-refractivity contribution in [3.05, 3.63) is 65.7 Å². The van der Waals surface area contributed by atoms with Gasteiger partial charge in [0.2, 0.25) is 17.7 Å². The van der Waals surface area contributed by atoms with E-state index in [1.54, 1.807) is 12.1 Å². The van der Waals surface area contributed by atoms with Crippen LogP contribution in [-0.2, 0) is 32.0 Å². The smallest absolute Gasteiger partial charge is 0.326 e. The van der Waals surface area contributed by atoms with Gasteiger partial charge in [-0.2, -0.15) is 12.6 Å². The van der Waals surface area contributed by atoms with Crippen LogP contribution in [0.5, 0.6) is 5.75 Å². The summed E-state index contributed by atoms with van der Waals surface area (Å²) in [5.74, 6) is -2.60. The first-order valence-electron chi connectivity index (χ1n) is 12.0. The van der Waals surface area contributed by atoms with E-state index in [1.807, 2.05) is 30.3 Å². The monoisotopic (exact) mass is 528 g/mol. The number of carboxylic acid groups (broad SMARTS) is 1. The molecular weight excluding hydrogens is 496 g/mol. The topological polar surface area (TPSA) is 162 Å². The lowest BCUT2D eigenvalue weighted by Crippen LogP contribution is -2.57. The van der Waals surface area contributed by atoms with Crippen molar-refractivity contribution in [3.63, 3.8) is 0 Å². The number of carboxylic acids is 1. The van der Waals surface area contributed by atoms with Gasteiger partial charge in [-0.15, -0.1) is 0 Å². The Hall–Kier alpha value is -3.57. The maximum absolute atomic E-state index is 13.6. The highest BCUT2D eigenvalue weighted by Gasteiger charge is 2.39. The van der Waals surface area contributed by atoms with Crippen molar-refractivity contribution in [1.29, 1.82) is 0 Å². The van der Waals surface area contributed by atoms with Crippen LogP contribution in [0.15, 0.2) is 54.6 Å². The van der Waals surface area contributed by atoms with Crippen LogP contribution in [0.25, 0.3) is 0 Å². The summed E-state index contributed by atoms with van der Waals surface area (Å²) in [5.41, 5.74) is 7.24. The molecule has 1 saturated heterocycles. The molecule has 1 aliphatic rings. The summed E-state index contributed by atoms with van der Waals surface area (Å²) >= 11 is 4.05. The minimum absolute atomic E-state index is 0.0102. The number of nitrogens with zero attached hydrogens (tertiary/aromatic N) is 1. The molecule has 0 aromatic heterocycles. The Bertz CT molecular complexity index is 1100. The van der Waals surface area contributed by atoms with Gasteiger partial charge < -0.3 is 31.5 Å². The third kappa shape index (κ3) is 7.70. The molecule has 0 spiro atoms. The van der Waals surface area contributed by atoms with Crippen molar-refractivity contribution < 1.29 is 29.4 Å². The zero-order valence-electron chi connectivity index (χ0n) is 20.2. The highest BCUT2D eigenvalue weighted by molar-refractivity contribution is 7.80. The van der Waals surface area contributed by atoms with Gasteiger partial charge in [0, 0.05) is 25.1 Å². The molecule has 0 aliphatic carbocycles. The number of nitrogens with one attached hydrogen (secondary N) is 2. The standard InChI is InChI=1S/C26H32N4O6S/c27-19(15-37)23(32)28-20(13-16-5-2-1-3-6-16)25(34)30-12-4-7-22(30)24(33)29-21(26(35)36)14-17-8-10-18(31)11-9-17/h1-3,5-6,8-11,19-22,31,37H,4,7,12-15,27H2,(H,28,32)(H,29,33)(H,35,36). The first-order chi connectivity index (χ1) is 17.7. The lowest BCUT2D eigenvalue weighted by atomic mass is 10.0. The van der Waals surface area contributed by atoms with E-state index in [4.69, 9.17) is 5.73 Å². The molecule has 1 fully saturated rings. The summed E-state index contributed by atoms with van der Waals surface area (Å²) in [5, 5.41) is 24.4. The molecule has 3 rings (SSSR count). The van der Waals surface area contributed by atoms with Crippen molar-refractivity contribution in [1.82, 2.24) is 15.5 Å². The second-order valence-electron chi connectivity index (χ2n) is 9.00. The number of phenolic OH excluding ortho intramolecular Hbond substituents is 1. The summed E-state index contributed by atoms with van der Waals surface area (Å²) in [6.07, 6.45) is 1.14. The number of carbonyl (C=O) groups is 4. The SMILES string of the molecule is NC(CS)C(=O)NC(Cc1ccccc1)C(=O)N1CCCC1C(=O)NC(Cc1ccc(O)cc1)C(=O)O. The van der Waals surface area contributed by atoms with Gasteiger partial charge in [-0.25, -0.2) is 4.79 Å². The number of likely N-dealkylation sites (tertiary alicyclic amines) is 1. The second-order valence-corrected chi connectivity index (χ2v) is 9.36. The molecule has 198 valence electrons. The molecule has 11 heteroatoms. The summed E-state index contributed by atoms with van der Waals surface area (Å²) in [6.45, 7) is 0.298. The minimum Gasteiger partial charge on any atom is -0.508 e. The lowest BCUT2D eigenvalue weighted by Gasteiger charge is -2.30. The summed E-state index contributed by atoms with van der Waals surface area (Å²) < 4.78 is 0. The number of phenols is 1. The number of carbonyl (C=O) groups excluding carboxylic acids is 3. The molecule has 10 nitrogen and oxygen atoms in total. The predicted molar refractivity (Wildman–Crippen MR) is 140 cm³/mol. The van der Waals surface area contributed by atoms with Gasteiger partial charge in [0.05, 0.1) is 6.04 Å². The van der Waals surface area contributed by atoms with E-state index in [9.17, 15) is 29.4 Å². The van der Waals surface area contributed by atoms with Gasteiger partial charge in [-0.3, -0.25) is 14.4 Å². The van der Waals surface area contributed by atoms with Crippen molar-refractivity contribution >= 4 is 36.3 Å². The number of hydrogen-bond donors (Lipinski definition) is 6. The summed E-state index contributed by atoms with van der Waals surface area (Å²) in [7, 11) is 0.